The number of benzene rings is 8. The molecule has 5 nitrogen and oxygen atoms in total. The Morgan fingerprint density at radius 2 is 1.17 bits per heavy atom. The molecule has 11 rings (SSSR count). The molecule has 0 atom stereocenters. The Hall–Kier alpha value is -7.20. The van der Waals surface area contributed by atoms with Gasteiger partial charge in [-0.25, -0.2) is 4.98 Å². The van der Waals surface area contributed by atoms with Gasteiger partial charge in [0.25, 0.3) is 0 Å². The summed E-state index contributed by atoms with van der Waals surface area (Å²) in [5.74, 6) is 2.75. The molecule has 0 spiro atoms. The fourth-order valence-corrected chi connectivity index (χ4v) is 11.0. The number of rotatable bonds is 11. The Balaban J connectivity index is 0.00000672. The number of nitrogens with zero attached hydrogens (tertiary/aromatic N) is 4. The Labute approximate surface area is 471 Å². The molecule has 0 saturated heterocycles. The number of anilines is 4. The number of pyridine rings is 1. The minimum Gasteiger partial charge on any atom is -0.509 e. The van der Waals surface area contributed by atoms with Crippen LogP contribution in [0.1, 0.15) is 128 Å². The number of hydrogen-bond donors (Lipinski definition) is 0. The average Bonchev–Trinajstić information content (AvgIpc) is 4.01. The molecule has 0 N–H and O–H groups in total. The molecule has 0 unspecified atom stereocenters. The number of hydrogen-bond acceptors (Lipinski definition) is 4. The van der Waals surface area contributed by atoms with Gasteiger partial charge in [-0.2, -0.15) is 12.1 Å². The molecule has 392 valence electrons. The first-order valence-electron chi connectivity index (χ1n) is 27.0. The minimum absolute atomic E-state index is 0. The van der Waals surface area contributed by atoms with Gasteiger partial charge in [0.1, 0.15) is 5.82 Å². The molecule has 0 saturated carbocycles. The van der Waals surface area contributed by atoms with E-state index in [1.165, 1.54) is 55.6 Å². The van der Waals surface area contributed by atoms with Crippen molar-refractivity contribution in [2.75, 3.05) is 9.80 Å². The normalized spacial score (nSPS) is 13.0. The van der Waals surface area contributed by atoms with Crippen LogP contribution in [0.5, 0.6) is 11.5 Å². The zero-order valence-electron chi connectivity index (χ0n) is 46.6. The van der Waals surface area contributed by atoms with Crippen LogP contribution in [0.4, 0.5) is 22.7 Å². The fourth-order valence-electron chi connectivity index (χ4n) is 11.0. The van der Waals surface area contributed by atoms with Gasteiger partial charge < -0.3 is 19.1 Å². The quantitative estimate of drug-likeness (QED) is 0.121. The predicted octanol–water partition coefficient (Wildman–Crippen LogP) is 19.5. The van der Waals surface area contributed by atoms with Crippen molar-refractivity contribution < 1.29 is 25.8 Å². The van der Waals surface area contributed by atoms with Crippen molar-refractivity contribution in [2.24, 2.45) is 0 Å². The van der Waals surface area contributed by atoms with E-state index in [0.29, 0.717) is 23.3 Å². The summed E-state index contributed by atoms with van der Waals surface area (Å²) in [5, 5.41) is 2.22. The van der Waals surface area contributed by atoms with Crippen LogP contribution in [0.3, 0.4) is 0 Å². The van der Waals surface area contributed by atoms with Crippen LogP contribution in [-0.4, -0.2) is 9.55 Å². The van der Waals surface area contributed by atoms with E-state index in [-0.39, 0.29) is 37.3 Å². The Morgan fingerprint density at radius 1 is 0.494 bits per heavy atom. The molecule has 0 aliphatic carbocycles. The maximum Gasteiger partial charge on any atom is 0.135 e. The van der Waals surface area contributed by atoms with E-state index in [1.54, 1.807) is 0 Å². The fraction of sp³-hybridized carbons (Fsp3) is 0.239. The number of fused-ring (bicyclic) bond motifs is 4. The first-order valence-corrected chi connectivity index (χ1v) is 27.0. The summed E-state index contributed by atoms with van der Waals surface area (Å²) in [7, 11) is 0. The van der Waals surface area contributed by atoms with Crippen molar-refractivity contribution in [1.82, 2.24) is 9.55 Å². The van der Waals surface area contributed by atoms with E-state index in [0.717, 1.165) is 50.4 Å². The second kappa shape index (κ2) is 20.6. The van der Waals surface area contributed by atoms with Crippen LogP contribution in [0.15, 0.2) is 182 Å². The van der Waals surface area contributed by atoms with Crippen molar-refractivity contribution in [3.63, 3.8) is 0 Å². The standard InChI is InChI=1S/C71H69N4O.Pt/c1-46(2)59-27-20-28-60(47(3)4)68(59)49-29-33-64-66(39-49)74(56-38-50(48-21-15-13-16-22-48)37-54(40-56)70(8,9)10)45-73(64)55-25-19-26-57(43-55)76-58-31-32-61-62-41-53(71(11,12)51-23-17-14-18-24-51)30-34-63(62)75(65(61)44-58)67-42-52(35-36-72-67)69(5,6)7;/h13-42,45-47H,1-12H3;/q-3;. The van der Waals surface area contributed by atoms with Crippen molar-refractivity contribution >= 4 is 44.6 Å². The van der Waals surface area contributed by atoms with E-state index in [4.69, 9.17) is 9.72 Å². The summed E-state index contributed by atoms with van der Waals surface area (Å²) >= 11 is 0. The van der Waals surface area contributed by atoms with Gasteiger partial charge in [0, 0.05) is 66.8 Å². The van der Waals surface area contributed by atoms with Crippen LogP contribution in [0, 0.1) is 18.8 Å². The van der Waals surface area contributed by atoms with E-state index in [1.807, 2.05) is 18.3 Å². The monoisotopic (exact) mass is 1190 g/mol. The van der Waals surface area contributed by atoms with Crippen molar-refractivity contribution in [1.29, 1.82) is 0 Å². The zero-order chi connectivity index (χ0) is 53.3. The van der Waals surface area contributed by atoms with Crippen LogP contribution in [-0.2, 0) is 37.3 Å². The average molecular weight is 1190 g/mol. The zero-order valence-corrected chi connectivity index (χ0v) is 48.8. The summed E-state index contributed by atoms with van der Waals surface area (Å²) in [6, 6.07) is 71.3. The molecule has 6 heteroatoms. The third-order valence-corrected chi connectivity index (χ3v) is 15.5. The van der Waals surface area contributed by atoms with Crippen molar-refractivity contribution in [3.8, 4) is 39.6 Å². The molecule has 0 radical (unpaired) electrons. The Morgan fingerprint density at radius 3 is 1.86 bits per heavy atom. The molecule has 1 aliphatic heterocycles. The van der Waals surface area contributed by atoms with E-state index >= 15 is 0 Å². The molecule has 0 bridgehead atoms. The van der Waals surface area contributed by atoms with E-state index < -0.39 is 0 Å². The van der Waals surface area contributed by atoms with Crippen LogP contribution in [0.2, 0.25) is 0 Å². The van der Waals surface area contributed by atoms with Crippen LogP contribution in [0.25, 0.3) is 49.9 Å². The summed E-state index contributed by atoms with van der Waals surface area (Å²) in [6.07, 6.45) is 1.92. The Kier molecular flexibility index (Phi) is 14.3. The van der Waals surface area contributed by atoms with Gasteiger partial charge in [-0.15, -0.1) is 48.1 Å². The molecule has 8 aromatic carbocycles. The third-order valence-electron chi connectivity index (χ3n) is 15.5. The smallest absolute Gasteiger partial charge is 0.135 e. The van der Waals surface area contributed by atoms with Gasteiger partial charge in [-0.3, -0.25) is 0 Å². The maximum atomic E-state index is 6.85. The van der Waals surface area contributed by atoms with Gasteiger partial charge in [-0.05, 0) is 126 Å². The predicted molar refractivity (Wildman–Crippen MR) is 319 cm³/mol. The third kappa shape index (κ3) is 10.2. The second-order valence-electron chi connectivity index (χ2n) is 23.9. The van der Waals surface area contributed by atoms with Gasteiger partial charge in [-0.1, -0.05) is 192 Å². The largest absolute Gasteiger partial charge is 0.509 e. The molecule has 0 amide bonds. The topological polar surface area (TPSA) is 33.5 Å². The van der Waals surface area contributed by atoms with E-state index in [9.17, 15) is 0 Å². The molecular formula is C71H69N4OPt-3. The van der Waals surface area contributed by atoms with Crippen LogP contribution < -0.4 is 14.5 Å². The van der Waals surface area contributed by atoms with Gasteiger partial charge in [0.15, 0.2) is 0 Å². The summed E-state index contributed by atoms with van der Waals surface area (Å²) in [5.41, 5.74) is 18.3. The van der Waals surface area contributed by atoms with E-state index in [2.05, 4.69) is 280 Å². The van der Waals surface area contributed by atoms with Gasteiger partial charge in [0.2, 0.25) is 0 Å². The molecule has 77 heavy (non-hydrogen) atoms. The molecule has 3 heterocycles. The number of ether oxygens (including phenoxy) is 1. The second-order valence-corrected chi connectivity index (χ2v) is 23.9. The maximum absolute atomic E-state index is 6.85. The molecule has 2 aromatic heterocycles. The summed E-state index contributed by atoms with van der Waals surface area (Å²) in [4.78, 5) is 9.61. The molecular weight excluding hydrogens is 1120 g/mol. The minimum atomic E-state index is -0.216. The molecule has 10 aromatic rings. The van der Waals surface area contributed by atoms with Gasteiger partial charge in [0.05, 0.1) is 0 Å². The Bertz CT molecular complexity index is 3760. The molecule has 0 fully saturated rings. The summed E-state index contributed by atoms with van der Waals surface area (Å²) in [6.45, 7) is 29.6. The number of aromatic nitrogens is 2. The van der Waals surface area contributed by atoms with Crippen molar-refractivity contribution in [3.05, 3.63) is 234 Å². The summed E-state index contributed by atoms with van der Waals surface area (Å²) < 4.78 is 9.10. The first-order chi connectivity index (χ1) is 36.3. The SMILES string of the molecule is CC(C)c1cccc(C(C)C)c1-c1ccc2c(c1)N(c1cc(-c3ccccc3)cc(C(C)(C)C)c1)[CH-]N2c1[c-]c(Oc2[c-]c3c(cc2)c2cc(C(C)(C)c4ccccc4)ccc2n3-c2cc(C(C)(C)C)ccn2)ccc1.[Pt]. The van der Waals surface area contributed by atoms with Crippen LogP contribution >= 0.6 is 0 Å². The van der Waals surface area contributed by atoms with Crippen molar-refractivity contribution in [2.45, 2.75) is 111 Å². The van der Waals surface area contributed by atoms with Gasteiger partial charge >= 0.3 is 0 Å². The molecule has 1 aliphatic rings. The first kappa shape index (κ1) is 53.2.